The average Bonchev–Trinajstić information content (AvgIpc) is 3.31. The van der Waals surface area contributed by atoms with Crippen LogP contribution in [0.15, 0.2) is 76.5 Å². The number of amides is 1. The first-order chi connectivity index (χ1) is 16.1. The highest BCUT2D eigenvalue weighted by Crippen LogP contribution is 2.42. The Kier molecular flexibility index (Phi) is 6.20. The number of hydrogen-bond donors (Lipinski definition) is 0. The van der Waals surface area contributed by atoms with E-state index in [1.165, 1.54) is 0 Å². The van der Waals surface area contributed by atoms with Gasteiger partial charge in [-0.1, -0.05) is 53.7 Å². The van der Waals surface area contributed by atoms with E-state index in [2.05, 4.69) is 6.07 Å². The first kappa shape index (κ1) is 21.7. The number of rotatable bonds is 5. The van der Waals surface area contributed by atoms with Crippen molar-refractivity contribution in [1.29, 1.82) is 0 Å². The van der Waals surface area contributed by atoms with Crippen LogP contribution in [-0.2, 0) is 16.0 Å². The van der Waals surface area contributed by atoms with E-state index in [0.717, 1.165) is 40.4 Å². The van der Waals surface area contributed by atoms with Gasteiger partial charge in [0.1, 0.15) is 6.61 Å². The molecule has 0 saturated carbocycles. The molecule has 3 aromatic rings. The second-order valence-corrected chi connectivity index (χ2v) is 9.48. The minimum atomic E-state index is -0.400. The molecule has 6 heteroatoms. The standard InChI is InChI=1S/C27H25NO4S/c1-18-6-4-7-19(14-18)16-28-23-15-20(27(30)32-17-21-8-5-13-31-21)11-12-25(23)33-24-10-3-2-9-22(24)26(28)29/h2-4,6-7,9-12,14-15,21H,5,8,13,16-17H2,1H3/t21-/m0/s1. The van der Waals surface area contributed by atoms with Crippen molar-refractivity contribution in [2.75, 3.05) is 18.1 Å². The number of carbonyl (C=O) groups excluding carboxylic acids is 2. The Balaban J connectivity index is 1.49. The molecule has 33 heavy (non-hydrogen) atoms. The number of benzene rings is 3. The van der Waals surface area contributed by atoms with Crippen LogP contribution in [0.1, 0.15) is 44.7 Å². The number of ether oxygens (including phenoxy) is 2. The zero-order valence-corrected chi connectivity index (χ0v) is 19.3. The van der Waals surface area contributed by atoms with Gasteiger partial charge in [0.25, 0.3) is 5.91 Å². The van der Waals surface area contributed by atoms with Crippen LogP contribution in [0.2, 0.25) is 0 Å². The quantitative estimate of drug-likeness (QED) is 0.462. The first-order valence-electron chi connectivity index (χ1n) is 11.2. The molecule has 1 saturated heterocycles. The van der Waals surface area contributed by atoms with Crippen LogP contribution in [0.3, 0.4) is 0 Å². The van der Waals surface area contributed by atoms with Gasteiger partial charge >= 0.3 is 5.97 Å². The summed E-state index contributed by atoms with van der Waals surface area (Å²) in [6.07, 6.45) is 1.87. The molecular formula is C27H25NO4S. The minimum absolute atomic E-state index is 0.0285. The Hall–Kier alpha value is -3.09. The highest BCUT2D eigenvalue weighted by atomic mass is 32.2. The lowest BCUT2D eigenvalue weighted by molar-refractivity contribution is 0.0161. The molecule has 0 aromatic heterocycles. The summed E-state index contributed by atoms with van der Waals surface area (Å²) < 4.78 is 11.1. The van der Waals surface area contributed by atoms with Crippen LogP contribution in [-0.4, -0.2) is 31.2 Å². The van der Waals surface area contributed by atoms with Gasteiger partial charge < -0.3 is 14.4 Å². The third-order valence-corrected chi connectivity index (χ3v) is 7.06. The minimum Gasteiger partial charge on any atom is -0.459 e. The van der Waals surface area contributed by atoms with Crippen molar-refractivity contribution in [3.63, 3.8) is 0 Å². The first-order valence-corrected chi connectivity index (χ1v) is 12.0. The Morgan fingerprint density at radius 2 is 1.97 bits per heavy atom. The molecule has 1 atom stereocenters. The summed E-state index contributed by atoms with van der Waals surface area (Å²) in [6, 6.07) is 21.2. The van der Waals surface area contributed by atoms with Crippen molar-refractivity contribution in [3.8, 4) is 0 Å². The second-order valence-electron chi connectivity index (χ2n) is 8.39. The molecule has 0 N–H and O–H groups in total. The molecular weight excluding hydrogens is 434 g/mol. The Labute approximate surface area is 197 Å². The van der Waals surface area contributed by atoms with Crippen LogP contribution in [0.25, 0.3) is 0 Å². The van der Waals surface area contributed by atoms with Gasteiger partial charge in [0.15, 0.2) is 0 Å². The van der Waals surface area contributed by atoms with E-state index >= 15 is 0 Å². The van der Waals surface area contributed by atoms with Crippen molar-refractivity contribution < 1.29 is 19.1 Å². The maximum absolute atomic E-state index is 13.6. The maximum Gasteiger partial charge on any atom is 0.338 e. The predicted molar refractivity (Wildman–Crippen MR) is 128 cm³/mol. The molecule has 2 aliphatic rings. The fourth-order valence-electron chi connectivity index (χ4n) is 4.22. The SMILES string of the molecule is Cc1cccc(CN2C(=O)c3ccccc3Sc3ccc(C(=O)OC[C@@H]4CCCO4)cc32)c1. The third kappa shape index (κ3) is 4.68. The van der Waals surface area contributed by atoms with E-state index in [4.69, 9.17) is 9.47 Å². The summed E-state index contributed by atoms with van der Waals surface area (Å²) in [5.41, 5.74) is 3.98. The number of nitrogens with zero attached hydrogens (tertiary/aromatic N) is 1. The predicted octanol–water partition coefficient (Wildman–Crippen LogP) is 5.64. The van der Waals surface area contributed by atoms with E-state index < -0.39 is 5.97 Å². The highest BCUT2D eigenvalue weighted by Gasteiger charge is 2.28. The topological polar surface area (TPSA) is 55.8 Å². The number of fused-ring (bicyclic) bond motifs is 2. The summed E-state index contributed by atoms with van der Waals surface area (Å²) in [7, 11) is 0. The van der Waals surface area contributed by atoms with Gasteiger partial charge in [-0.25, -0.2) is 4.79 Å². The van der Waals surface area contributed by atoms with E-state index in [9.17, 15) is 9.59 Å². The van der Waals surface area contributed by atoms with Gasteiger partial charge in [-0.3, -0.25) is 4.79 Å². The van der Waals surface area contributed by atoms with Gasteiger partial charge in [-0.15, -0.1) is 0 Å². The molecule has 5 nitrogen and oxygen atoms in total. The van der Waals surface area contributed by atoms with Crippen molar-refractivity contribution in [2.45, 2.75) is 42.2 Å². The number of aryl methyl sites for hydroxylation is 1. The van der Waals surface area contributed by atoms with Crippen LogP contribution in [0, 0.1) is 6.92 Å². The Morgan fingerprint density at radius 3 is 2.79 bits per heavy atom. The maximum atomic E-state index is 13.6. The Bertz CT molecular complexity index is 1200. The fraction of sp³-hybridized carbons (Fsp3) is 0.259. The number of hydrogen-bond acceptors (Lipinski definition) is 5. The van der Waals surface area contributed by atoms with Gasteiger partial charge in [0, 0.05) is 16.4 Å². The molecule has 0 aliphatic carbocycles. The second kappa shape index (κ2) is 9.41. The third-order valence-electron chi connectivity index (χ3n) is 5.92. The molecule has 0 spiro atoms. The van der Waals surface area contributed by atoms with Gasteiger partial charge in [-0.05, 0) is 55.7 Å². The zero-order valence-electron chi connectivity index (χ0n) is 18.5. The monoisotopic (exact) mass is 459 g/mol. The molecule has 2 heterocycles. The van der Waals surface area contributed by atoms with Gasteiger partial charge in [-0.2, -0.15) is 0 Å². The fourth-order valence-corrected chi connectivity index (χ4v) is 5.28. The molecule has 0 radical (unpaired) electrons. The smallest absolute Gasteiger partial charge is 0.338 e. The normalized spacial score (nSPS) is 17.3. The van der Waals surface area contributed by atoms with Crippen molar-refractivity contribution in [1.82, 2.24) is 0 Å². The molecule has 168 valence electrons. The summed E-state index contributed by atoms with van der Waals surface area (Å²) >= 11 is 1.54. The van der Waals surface area contributed by atoms with Crippen molar-refractivity contribution in [3.05, 3.63) is 89.0 Å². The van der Waals surface area contributed by atoms with E-state index in [-0.39, 0.29) is 18.6 Å². The molecule has 1 amide bonds. The lowest BCUT2D eigenvalue weighted by Gasteiger charge is -2.24. The Morgan fingerprint density at radius 1 is 1.09 bits per heavy atom. The summed E-state index contributed by atoms with van der Waals surface area (Å²) in [6.45, 7) is 3.42. The summed E-state index contributed by atoms with van der Waals surface area (Å²) in [5.74, 6) is -0.480. The summed E-state index contributed by atoms with van der Waals surface area (Å²) in [4.78, 5) is 30.0. The van der Waals surface area contributed by atoms with E-state index in [1.54, 1.807) is 28.8 Å². The lowest BCUT2D eigenvalue weighted by Crippen LogP contribution is -2.30. The van der Waals surface area contributed by atoms with Crippen molar-refractivity contribution in [2.24, 2.45) is 0 Å². The number of carbonyl (C=O) groups is 2. The van der Waals surface area contributed by atoms with Crippen LogP contribution >= 0.6 is 11.8 Å². The van der Waals surface area contributed by atoms with Gasteiger partial charge in [0.2, 0.25) is 0 Å². The summed E-state index contributed by atoms with van der Waals surface area (Å²) in [5, 5.41) is 0. The largest absolute Gasteiger partial charge is 0.459 e. The molecule has 1 fully saturated rings. The van der Waals surface area contributed by atoms with Crippen LogP contribution < -0.4 is 4.90 Å². The zero-order chi connectivity index (χ0) is 22.8. The lowest BCUT2D eigenvalue weighted by atomic mass is 10.1. The molecule has 0 bridgehead atoms. The number of esters is 1. The molecule has 2 aliphatic heterocycles. The van der Waals surface area contributed by atoms with E-state index in [0.29, 0.717) is 23.4 Å². The number of anilines is 1. The molecule has 5 rings (SSSR count). The highest BCUT2D eigenvalue weighted by molar-refractivity contribution is 7.99. The molecule has 3 aromatic carbocycles. The van der Waals surface area contributed by atoms with Crippen molar-refractivity contribution >= 4 is 29.3 Å². The van der Waals surface area contributed by atoms with Crippen LogP contribution in [0.5, 0.6) is 0 Å². The average molecular weight is 460 g/mol. The van der Waals surface area contributed by atoms with Gasteiger partial charge in [0.05, 0.1) is 29.5 Å². The van der Waals surface area contributed by atoms with Crippen LogP contribution in [0.4, 0.5) is 5.69 Å². The van der Waals surface area contributed by atoms with E-state index in [1.807, 2.05) is 55.5 Å². The molecule has 0 unspecified atom stereocenters.